The van der Waals surface area contributed by atoms with E-state index in [2.05, 4.69) is 27.3 Å². The first-order valence-corrected chi connectivity index (χ1v) is 14.8. The van der Waals surface area contributed by atoms with Crippen LogP contribution in [0.4, 0.5) is 0 Å². The van der Waals surface area contributed by atoms with Crippen molar-refractivity contribution in [2.24, 2.45) is 5.92 Å². The van der Waals surface area contributed by atoms with Crippen molar-refractivity contribution in [3.8, 4) is 29.1 Å². The average Bonchev–Trinajstić information content (AvgIpc) is 3.67. The Bertz CT molecular complexity index is 1500. The fourth-order valence-corrected chi connectivity index (χ4v) is 8.44. The summed E-state index contributed by atoms with van der Waals surface area (Å²) in [6.45, 7) is 6.15. The van der Waals surface area contributed by atoms with Gasteiger partial charge in [-0.05, 0) is 70.2 Å². The second-order valence-electron chi connectivity index (χ2n) is 12.6. The van der Waals surface area contributed by atoms with Crippen LogP contribution in [0.1, 0.15) is 76.7 Å². The Labute approximate surface area is 282 Å². The first-order valence-electron chi connectivity index (χ1n) is 14.8. The molecule has 0 aromatic heterocycles. The molecule has 3 N–H and O–H groups in total. The number of fused-ring (bicyclic) bond motifs is 9. The molecular weight excluding hydrogens is 747 g/mol. The molecule has 10 heteroatoms. The summed E-state index contributed by atoms with van der Waals surface area (Å²) in [5, 5.41) is 37.0. The molecule has 4 aliphatic heterocycles. The van der Waals surface area contributed by atoms with Gasteiger partial charge in [0.2, 0.25) is 12.7 Å². The molecule has 5 aliphatic rings. The molecule has 7 rings (SSSR count). The Hall–Kier alpha value is -2.04. The number of benzene rings is 2. The number of piperazine rings is 1. The summed E-state index contributed by atoms with van der Waals surface area (Å²) in [5.74, 6) is 1.68. The van der Waals surface area contributed by atoms with Gasteiger partial charge in [0, 0.05) is 90.9 Å². The fraction of sp³-hybridized carbons (Fsp3) is 0.562. The second kappa shape index (κ2) is 11.2. The third kappa shape index (κ3) is 4.29. The van der Waals surface area contributed by atoms with E-state index in [1.165, 1.54) is 0 Å². The fourth-order valence-electron chi connectivity index (χ4n) is 8.44. The number of phenols is 2. The Balaban J connectivity index is 0.00000316. The predicted molar refractivity (Wildman–Crippen MR) is 151 cm³/mol. The van der Waals surface area contributed by atoms with Crippen molar-refractivity contribution in [3.05, 3.63) is 45.0 Å². The minimum Gasteiger partial charge on any atom is -0.507 e. The van der Waals surface area contributed by atoms with E-state index in [1.807, 2.05) is 27.8 Å². The largest absolute Gasteiger partial charge is 0.507 e. The number of phenolic OH excluding ortho intramolecular Hbond substituents is 2. The van der Waals surface area contributed by atoms with E-state index in [4.69, 9.17) is 9.47 Å². The molecule has 2 aromatic carbocycles. The van der Waals surface area contributed by atoms with Gasteiger partial charge in [0.1, 0.15) is 17.5 Å². The summed E-state index contributed by atoms with van der Waals surface area (Å²) >= 11 is 0. The van der Waals surface area contributed by atoms with Crippen molar-refractivity contribution in [1.82, 2.24) is 15.1 Å². The van der Waals surface area contributed by atoms with E-state index < -0.39 is 12.1 Å². The topological polar surface area (TPSA) is 118 Å². The quantitative estimate of drug-likeness (QED) is 0.431. The molecule has 2 fully saturated rings. The number of carbonyl (C=O) groups is 1. The molecule has 9 nitrogen and oxygen atoms in total. The van der Waals surface area contributed by atoms with Gasteiger partial charge in [-0.25, -0.2) is 0 Å². The molecule has 219 valence electrons. The first-order chi connectivity index (χ1) is 19.7. The number of ether oxygens (including phenoxy) is 2. The van der Waals surface area contributed by atoms with E-state index in [9.17, 15) is 20.3 Å². The van der Waals surface area contributed by atoms with Crippen molar-refractivity contribution in [2.45, 2.75) is 89.5 Å². The molecule has 1 saturated heterocycles. The smallest absolute Gasteiger partial charge is 0.231 e. The minimum atomic E-state index is -0.471. The normalized spacial score (nSPS) is 27.8. The number of hydrogen-bond donors (Lipinski definition) is 3. The van der Waals surface area contributed by atoms with Gasteiger partial charge in [-0.1, -0.05) is 18.9 Å². The molecule has 2 aromatic rings. The summed E-state index contributed by atoms with van der Waals surface area (Å²) in [6.07, 6.45) is 5.05. The van der Waals surface area contributed by atoms with Gasteiger partial charge in [-0.15, -0.1) is 0 Å². The van der Waals surface area contributed by atoms with Gasteiger partial charge < -0.3 is 25.0 Å². The maximum atomic E-state index is 13.3. The van der Waals surface area contributed by atoms with Gasteiger partial charge in [0.25, 0.3) is 0 Å². The molecule has 2 bridgehead atoms. The third-order valence-electron chi connectivity index (χ3n) is 10.7. The molecule has 42 heavy (non-hydrogen) atoms. The monoisotopic (exact) mass is 785 g/mol. The van der Waals surface area contributed by atoms with Crippen molar-refractivity contribution in [2.75, 3.05) is 20.4 Å². The molecule has 1 amide bonds. The molecule has 1 aliphatic carbocycles. The maximum absolute atomic E-state index is 13.3. The molecule has 1 radical (unpaired) electrons. The van der Waals surface area contributed by atoms with Crippen molar-refractivity contribution in [3.63, 3.8) is 0 Å². The Kier molecular flexibility index (Phi) is 7.97. The van der Waals surface area contributed by atoms with Crippen LogP contribution in [0.5, 0.6) is 23.0 Å². The van der Waals surface area contributed by atoms with Crippen molar-refractivity contribution >= 4 is 5.91 Å². The number of aryl methyl sites for hydroxylation is 1. The zero-order valence-electron chi connectivity index (χ0n) is 24.7. The zero-order chi connectivity index (χ0) is 28.7. The third-order valence-corrected chi connectivity index (χ3v) is 10.7. The van der Waals surface area contributed by atoms with Crippen LogP contribution < -0.4 is 14.8 Å². The van der Waals surface area contributed by atoms with Gasteiger partial charge in [-0.2, -0.15) is 5.26 Å². The molecular formula is C32H38AcN4O5. The molecule has 4 heterocycles. The average molecular weight is 786 g/mol. The number of amides is 1. The zero-order valence-corrected chi connectivity index (χ0v) is 29.5. The van der Waals surface area contributed by atoms with E-state index in [0.717, 1.165) is 59.1 Å². The number of hydrogen-bond acceptors (Lipinski definition) is 8. The maximum Gasteiger partial charge on any atom is 0.231 e. The van der Waals surface area contributed by atoms with Crippen LogP contribution in [0.15, 0.2) is 6.07 Å². The number of aromatic hydroxyl groups is 2. The summed E-state index contributed by atoms with van der Waals surface area (Å²) in [7, 11) is 2.05. The summed E-state index contributed by atoms with van der Waals surface area (Å²) < 4.78 is 11.8. The number of rotatable bonds is 3. The number of nitrogens with zero attached hydrogens (tertiary/aromatic N) is 3. The van der Waals surface area contributed by atoms with Gasteiger partial charge in [0.05, 0.1) is 18.2 Å². The summed E-state index contributed by atoms with van der Waals surface area (Å²) in [5.41, 5.74) is 6.10. The number of nitriles is 1. The molecule has 0 spiro atoms. The van der Waals surface area contributed by atoms with E-state index in [0.29, 0.717) is 42.2 Å². The molecule has 1 saturated carbocycles. The predicted octanol–water partition coefficient (Wildman–Crippen LogP) is 3.83. The van der Waals surface area contributed by atoms with Crippen LogP contribution in [-0.2, 0) is 17.6 Å². The van der Waals surface area contributed by atoms with Crippen LogP contribution in [0, 0.1) is 82.1 Å². The Morgan fingerprint density at radius 3 is 2.48 bits per heavy atom. The van der Waals surface area contributed by atoms with Crippen molar-refractivity contribution < 1.29 is 68.5 Å². The van der Waals surface area contributed by atoms with Crippen LogP contribution in [-0.4, -0.2) is 64.4 Å². The number of likely N-dealkylation sites (N-methyl/N-ethyl adjacent to an activating group) is 1. The first kappa shape index (κ1) is 30.0. The Morgan fingerprint density at radius 2 is 1.76 bits per heavy atom. The van der Waals surface area contributed by atoms with E-state index >= 15 is 0 Å². The van der Waals surface area contributed by atoms with Crippen LogP contribution >= 0.6 is 0 Å². The Morgan fingerprint density at radius 1 is 1.05 bits per heavy atom. The standard InChI is InChI=1S/C32H38N4O5.Ac/c1-15-9-19-10-21-23(12-33)36-22(27(35(21)4)25(19)29(38)16(15)2)11-20-26(31-30(40-14-41-31)17(3)28(20)37)24(36)13-34-32(39)18-7-5-6-8-18;/h9,18,21-24,27,37-38H,5-8,10-11,13-14H2,1-4H3,(H,34,39);/t21-,22?,23-,24-,27-;/m0./s1. The van der Waals surface area contributed by atoms with Crippen LogP contribution in [0.25, 0.3) is 0 Å². The summed E-state index contributed by atoms with van der Waals surface area (Å²) in [6, 6.07) is 3.40. The van der Waals surface area contributed by atoms with Gasteiger partial charge >= 0.3 is 0 Å². The minimum absolute atomic E-state index is 0. The molecule has 5 atom stereocenters. The van der Waals surface area contributed by atoms with Gasteiger partial charge in [-0.3, -0.25) is 14.6 Å². The number of carbonyl (C=O) groups excluding carboxylic acids is 1. The van der Waals surface area contributed by atoms with Crippen LogP contribution in [0.3, 0.4) is 0 Å². The van der Waals surface area contributed by atoms with Crippen LogP contribution in [0.2, 0.25) is 0 Å². The molecule has 1 unspecified atom stereocenters. The van der Waals surface area contributed by atoms with Crippen molar-refractivity contribution in [1.29, 1.82) is 5.26 Å². The van der Waals surface area contributed by atoms with E-state index in [1.54, 1.807) is 0 Å². The SMILES string of the molecule is Cc1cc2c(c(O)c1C)[C@@H]1C3Cc4c(O)c(C)c5c(c4[C@H](CNC(=O)C4CCCC4)N3[C@@H](C#N)[C@H](C2)N1C)OCO5.[Ac]. The number of nitrogens with one attached hydrogen (secondary N) is 1. The second-order valence-corrected chi connectivity index (χ2v) is 12.6. The van der Waals surface area contributed by atoms with E-state index in [-0.39, 0.29) is 86.6 Å². The van der Waals surface area contributed by atoms with Gasteiger partial charge in [0.15, 0.2) is 11.5 Å². The summed E-state index contributed by atoms with van der Waals surface area (Å²) in [4.78, 5) is 17.8.